The maximum Gasteiger partial charge on any atom is 0.211 e. The first-order valence-corrected chi connectivity index (χ1v) is 6.89. The van der Waals surface area contributed by atoms with Gasteiger partial charge in [0, 0.05) is 13.1 Å². The molecule has 1 saturated carbocycles. The van der Waals surface area contributed by atoms with E-state index in [1.807, 2.05) is 0 Å². The first-order valence-electron chi connectivity index (χ1n) is 5.05. The molecule has 0 aromatic rings. The lowest BCUT2D eigenvalue weighted by Crippen LogP contribution is -2.59. The van der Waals surface area contributed by atoms with Crippen LogP contribution in [0.4, 0.5) is 0 Å². The summed E-state index contributed by atoms with van der Waals surface area (Å²) in [6.07, 6.45) is 4.71. The van der Waals surface area contributed by atoms with E-state index in [1.165, 1.54) is 10.6 Å². The van der Waals surface area contributed by atoms with E-state index in [0.29, 0.717) is 13.1 Å². The number of aliphatic hydroxyl groups excluding tert-OH is 1. The Hall–Kier alpha value is -0.130. The highest BCUT2D eigenvalue weighted by molar-refractivity contribution is 7.88. The lowest BCUT2D eigenvalue weighted by atomic mass is 9.69. The van der Waals surface area contributed by atoms with Crippen molar-refractivity contribution in [3.8, 4) is 0 Å². The Bertz CT molecular complexity index is 309. The minimum atomic E-state index is -2.98. The summed E-state index contributed by atoms with van der Waals surface area (Å²) in [7, 11) is -2.98. The van der Waals surface area contributed by atoms with Gasteiger partial charge in [0.1, 0.15) is 0 Å². The van der Waals surface area contributed by atoms with Gasteiger partial charge in [-0.2, -0.15) is 0 Å². The predicted molar refractivity (Wildman–Crippen MR) is 53.3 cm³/mol. The summed E-state index contributed by atoms with van der Waals surface area (Å²) < 4.78 is 23.9. The second-order valence-electron chi connectivity index (χ2n) is 4.76. The number of hydrogen-bond donors (Lipinski definition) is 1. The average molecular weight is 219 g/mol. The van der Waals surface area contributed by atoms with Gasteiger partial charge in [-0.15, -0.1) is 0 Å². The summed E-state index contributed by atoms with van der Waals surface area (Å²) >= 11 is 0. The van der Waals surface area contributed by atoms with Gasteiger partial charge in [0.05, 0.1) is 12.4 Å². The van der Waals surface area contributed by atoms with Crippen LogP contribution in [-0.4, -0.2) is 43.3 Å². The van der Waals surface area contributed by atoms with Gasteiger partial charge in [0.2, 0.25) is 10.0 Å². The van der Waals surface area contributed by atoms with Crippen molar-refractivity contribution >= 4 is 10.0 Å². The standard InChI is InChI=1S/C9H17NO3S/c1-14(12,13)10-6-9(7-10)4-2-8(11)3-5-9/h8,11H,2-7H2,1H3. The van der Waals surface area contributed by atoms with Gasteiger partial charge in [-0.05, 0) is 31.1 Å². The SMILES string of the molecule is CS(=O)(=O)N1CC2(CCC(O)CC2)C1. The molecular formula is C9H17NO3S. The third-order valence-corrected chi connectivity index (χ3v) is 4.70. The molecule has 1 aliphatic carbocycles. The van der Waals surface area contributed by atoms with Crippen LogP contribution in [0.25, 0.3) is 0 Å². The fraction of sp³-hybridized carbons (Fsp3) is 1.00. The third kappa shape index (κ3) is 1.81. The van der Waals surface area contributed by atoms with Gasteiger partial charge in [0.25, 0.3) is 0 Å². The van der Waals surface area contributed by atoms with Crippen molar-refractivity contribution in [1.82, 2.24) is 4.31 Å². The topological polar surface area (TPSA) is 57.6 Å². The summed E-state index contributed by atoms with van der Waals surface area (Å²) in [5.74, 6) is 0. The zero-order valence-electron chi connectivity index (χ0n) is 8.44. The fourth-order valence-corrected chi connectivity index (χ4v) is 3.48. The van der Waals surface area contributed by atoms with Crippen LogP contribution < -0.4 is 0 Å². The molecule has 1 saturated heterocycles. The van der Waals surface area contributed by atoms with E-state index in [1.54, 1.807) is 0 Å². The monoisotopic (exact) mass is 219 g/mol. The summed E-state index contributed by atoms with van der Waals surface area (Å²) in [5.41, 5.74) is 0.197. The van der Waals surface area contributed by atoms with Crippen molar-refractivity contribution < 1.29 is 13.5 Å². The van der Waals surface area contributed by atoms with E-state index >= 15 is 0 Å². The summed E-state index contributed by atoms with van der Waals surface area (Å²) in [6, 6.07) is 0. The van der Waals surface area contributed by atoms with E-state index < -0.39 is 10.0 Å². The molecule has 5 heteroatoms. The second kappa shape index (κ2) is 3.18. The van der Waals surface area contributed by atoms with Gasteiger partial charge >= 0.3 is 0 Å². The van der Waals surface area contributed by atoms with Crippen molar-refractivity contribution in [2.24, 2.45) is 5.41 Å². The van der Waals surface area contributed by atoms with Crippen molar-refractivity contribution in [2.75, 3.05) is 19.3 Å². The number of hydrogen-bond acceptors (Lipinski definition) is 3. The molecule has 0 bridgehead atoms. The number of rotatable bonds is 1. The van der Waals surface area contributed by atoms with E-state index in [2.05, 4.69) is 0 Å². The molecule has 2 aliphatic rings. The lowest BCUT2D eigenvalue weighted by Gasteiger charge is -2.51. The highest BCUT2D eigenvalue weighted by Crippen LogP contribution is 2.44. The molecule has 0 amide bonds. The highest BCUT2D eigenvalue weighted by Gasteiger charge is 2.47. The molecule has 0 atom stereocenters. The normalized spacial score (nSPS) is 29.0. The smallest absolute Gasteiger partial charge is 0.211 e. The van der Waals surface area contributed by atoms with Crippen LogP contribution in [0.3, 0.4) is 0 Å². The summed E-state index contributed by atoms with van der Waals surface area (Å²) in [6.45, 7) is 1.33. The van der Waals surface area contributed by atoms with Crippen LogP contribution in [0.2, 0.25) is 0 Å². The molecule has 1 heterocycles. The third-order valence-electron chi connectivity index (χ3n) is 3.51. The second-order valence-corrected chi connectivity index (χ2v) is 6.74. The summed E-state index contributed by atoms with van der Waals surface area (Å²) in [4.78, 5) is 0. The van der Waals surface area contributed by atoms with E-state index in [-0.39, 0.29) is 11.5 Å². The van der Waals surface area contributed by atoms with Crippen molar-refractivity contribution in [2.45, 2.75) is 31.8 Å². The zero-order valence-corrected chi connectivity index (χ0v) is 9.26. The average Bonchev–Trinajstić information content (AvgIpc) is 2.00. The van der Waals surface area contributed by atoms with Crippen LogP contribution >= 0.6 is 0 Å². The number of sulfonamides is 1. The van der Waals surface area contributed by atoms with E-state index in [9.17, 15) is 13.5 Å². The van der Waals surface area contributed by atoms with Crippen molar-refractivity contribution in [3.05, 3.63) is 0 Å². The largest absolute Gasteiger partial charge is 0.393 e. The lowest BCUT2D eigenvalue weighted by molar-refractivity contribution is -0.0119. The zero-order chi connectivity index (χ0) is 10.4. The first kappa shape index (κ1) is 10.4. The fourth-order valence-electron chi connectivity index (χ4n) is 2.47. The molecule has 1 aliphatic heterocycles. The maximum absolute atomic E-state index is 11.2. The number of nitrogens with zero attached hydrogens (tertiary/aromatic N) is 1. The van der Waals surface area contributed by atoms with Gasteiger partial charge in [-0.25, -0.2) is 12.7 Å². The maximum atomic E-state index is 11.2. The van der Waals surface area contributed by atoms with Crippen molar-refractivity contribution in [3.63, 3.8) is 0 Å². The van der Waals surface area contributed by atoms with E-state index in [4.69, 9.17) is 0 Å². The van der Waals surface area contributed by atoms with Crippen molar-refractivity contribution in [1.29, 1.82) is 0 Å². The van der Waals surface area contributed by atoms with Crippen LogP contribution in [0, 0.1) is 5.41 Å². The van der Waals surface area contributed by atoms with Crippen LogP contribution in [-0.2, 0) is 10.0 Å². The highest BCUT2D eigenvalue weighted by atomic mass is 32.2. The van der Waals surface area contributed by atoms with Gasteiger partial charge in [0.15, 0.2) is 0 Å². The van der Waals surface area contributed by atoms with Crippen LogP contribution in [0.5, 0.6) is 0 Å². The molecule has 0 unspecified atom stereocenters. The molecular weight excluding hydrogens is 202 g/mol. The number of aliphatic hydroxyl groups is 1. The molecule has 0 aromatic heterocycles. The van der Waals surface area contributed by atoms with Gasteiger partial charge < -0.3 is 5.11 Å². The Balaban J connectivity index is 1.93. The molecule has 2 rings (SSSR count). The molecule has 82 valence electrons. The quantitative estimate of drug-likeness (QED) is 0.684. The molecule has 0 radical (unpaired) electrons. The van der Waals surface area contributed by atoms with Gasteiger partial charge in [-0.3, -0.25) is 0 Å². The summed E-state index contributed by atoms with van der Waals surface area (Å²) in [5, 5.41) is 9.35. The molecule has 0 aromatic carbocycles. The van der Waals surface area contributed by atoms with Crippen LogP contribution in [0.1, 0.15) is 25.7 Å². The molecule has 1 spiro atoms. The Morgan fingerprint density at radius 1 is 1.29 bits per heavy atom. The Morgan fingerprint density at radius 3 is 2.21 bits per heavy atom. The predicted octanol–water partition coefficient (Wildman–Crippen LogP) is 0.183. The van der Waals surface area contributed by atoms with Gasteiger partial charge in [-0.1, -0.05) is 0 Å². The molecule has 14 heavy (non-hydrogen) atoms. The molecule has 2 fully saturated rings. The molecule has 1 N–H and O–H groups in total. The first-order chi connectivity index (χ1) is 6.41. The van der Waals surface area contributed by atoms with E-state index in [0.717, 1.165) is 25.7 Å². The Morgan fingerprint density at radius 2 is 1.79 bits per heavy atom. The molecule has 4 nitrogen and oxygen atoms in total. The minimum Gasteiger partial charge on any atom is -0.393 e. The Kier molecular flexibility index (Phi) is 2.36. The Labute approximate surface area is 85.0 Å². The minimum absolute atomic E-state index is 0.159. The van der Waals surface area contributed by atoms with Crippen LogP contribution in [0.15, 0.2) is 0 Å².